The molecule has 50 heavy (non-hydrogen) atoms. The number of ether oxygens (including phenoxy) is 3. The minimum absolute atomic E-state index is 0. The maximum atomic E-state index is 12.6. The summed E-state index contributed by atoms with van der Waals surface area (Å²) in [5.74, 6) is 6.62. The zero-order valence-electron chi connectivity index (χ0n) is 30.6. The first-order valence-electron chi connectivity index (χ1n) is 17.7. The molecular weight excluding hydrogens is 817 g/mol. The van der Waals surface area contributed by atoms with Gasteiger partial charge in [0.05, 0.1) is 19.3 Å². The fraction of sp³-hybridized carbons (Fsp3) is 0.610. The maximum absolute atomic E-state index is 12.6. The molecule has 0 aromatic heterocycles. The van der Waals surface area contributed by atoms with E-state index in [4.69, 9.17) is 14.2 Å². The number of carbonyl (C=O) groups excluding carboxylic acids is 2. The van der Waals surface area contributed by atoms with Gasteiger partial charge in [-0.25, -0.2) is 0 Å². The Morgan fingerprint density at radius 1 is 0.760 bits per heavy atom. The Balaban J connectivity index is 0.000000244. The second-order valence-corrected chi connectivity index (χ2v) is 15.4. The summed E-state index contributed by atoms with van der Waals surface area (Å²) in [6, 6.07) is 11.7. The molecule has 2 aromatic carbocycles. The van der Waals surface area contributed by atoms with E-state index in [-0.39, 0.29) is 73.3 Å². The molecule has 6 nitrogen and oxygen atoms in total. The number of carbonyl (C=O) groups is 2. The van der Waals surface area contributed by atoms with Crippen LogP contribution in [0.3, 0.4) is 0 Å². The van der Waals surface area contributed by atoms with E-state index in [1.165, 1.54) is 17.5 Å². The monoisotopic (exact) mass is 872 g/mol. The van der Waals surface area contributed by atoms with Gasteiger partial charge in [0.15, 0.2) is 0 Å². The number of fused-ring (bicyclic) bond motifs is 10. The van der Waals surface area contributed by atoms with E-state index in [2.05, 4.69) is 38.7 Å². The minimum atomic E-state index is -0.147. The average molecular weight is 873 g/mol. The number of phenolic OH excluding ortho intramolecular Hbond substituents is 1. The zero-order valence-corrected chi connectivity index (χ0v) is 35.6. The predicted molar refractivity (Wildman–Crippen MR) is 199 cm³/mol. The number of halogens is 1. The number of methoxy groups -OCH3 is 1. The van der Waals surface area contributed by atoms with Gasteiger partial charge in [-0.3, -0.25) is 14.5 Å². The number of ketones is 2. The van der Waals surface area contributed by atoms with Crippen LogP contribution in [0.25, 0.3) is 0 Å². The van der Waals surface area contributed by atoms with Crippen molar-refractivity contribution in [3.05, 3.63) is 59.9 Å². The summed E-state index contributed by atoms with van der Waals surface area (Å²) >= 11 is 1.90. The quantitative estimate of drug-likeness (QED) is 0.227. The molecule has 4 saturated carbocycles. The maximum Gasteiger partial charge on any atom is 0.139 e. The molecule has 4 aliphatic carbocycles. The van der Waals surface area contributed by atoms with E-state index in [1.807, 2.05) is 40.8 Å². The largest absolute Gasteiger partial charge is 0.508 e. The van der Waals surface area contributed by atoms with E-state index in [0.29, 0.717) is 47.1 Å². The van der Waals surface area contributed by atoms with E-state index < -0.39 is 0 Å². The van der Waals surface area contributed by atoms with Crippen molar-refractivity contribution in [3.8, 4) is 23.0 Å². The first kappa shape index (κ1) is 43.3. The summed E-state index contributed by atoms with van der Waals surface area (Å²) in [4.78, 5) is 28.4. The first-order valence-corrected chi connectivity index (χ1v) is 19.2. The first-order chi connectivity index (χ1) is 22.5. The molecule has 2 aromatic rings. The van der Waals surface area contributed by atoms with Gasteiger partial charge >= 0.3 is 0 Å². The van der Waals surface area contributed by atoms with Crippen LogP contribution in [-0.2, 0) is 46.7 Å². The van der Waals surface area contributed by atoms with E-state index in [0.717, 1.165) is 75.0 Å². The standard InChI is InChI=1S/C20H26O3.C19H24O3.CH2I.CH3.2V/c1-12-19-15(14-8-7-13(22-3)11-17(14)23-12)9-10-20(2)16(19)5-4-6-18(20)21;1-11-18-14(13-7-6-12(20)10-16(13)22-11)8-9-19(2)15(18)4-3-5-17(19)21;1-2;;;/h7-8,11-12,15-16,19H,4-6,9-10H2,1-3H3;6-7,10-11,14-15,18,20H,3-5,8-9H2,1-2H3;1H2;1H3;;/q;;2*-1;;/t12-,15-,16+,19+,20+;11-,14-,15+,18+,19+;;;;/m11..../s1. The third-order valence-electron chi connectivity index (χ3n) is 13.3. The second-order valence-electron chi connectivity index (χ2n) is 15.4. The normalized spacial score (nSPS) is 35.7. The van der Waals surface area contributed by atoms with Crippen molar-refractivity contribution in [3.63, 3.8) is 0 Å². The fourth-order valence-electron chi connectivity index (χ4n) is 10.9. The van der Waals surface area contributed by atoms with E-state index in [1.54, 1.807) is 19.2 Å². The molecule has 4 fully saturated rings. The molecular formula is C41H55IO6V2-2. The smallest absolute Gasteiger partial charge is 0.139 e. The topological polar surface area (TPSA) is 82.1 Å². The van der Waals surface area contributed by atoms with Crippen molar-refractivity contribution in [1.29, 1.82) is 0 Å². The van der Waals surface area contributed by atoms with Gasteiger partial charge in [-0.1, -0.05) is 26.0 Å². The van der Waals surface area contributed by atoms with Crippen LogP contribution in [0.5, 0.6) is 23.0 Å². The third-order valence-corrected chi connectivity index (χ3v) is 13.3. The van der Waals surface area contributed by atoms with Crippen molar-refractivity contribution >= 4 is 34.2 Å². The van der Waals surface area contributed by atoms with Crippen LogP contribution in [0, 0.1) is 46.9 Å². The molecule has 0 spiro atoms. The van der Waals surface area contributed by atoms with Crippen LogP contribution in [0.2, 0.25) is 0 Å². The molecule has 2 heterocycles. The Morgan fingerprint density at radius 2 is 1.20 bits per heavy atom. The summed E-state index contributed by atoms with van der Waals surface area (Å²) in [5, 5.41) is 9.71. The van der Waals surface area contributed by atoms with Gasteiger partial charge in [0.1, 0.15) is 34.6 Å². The molecule has 1 N–H and O–H groups in total. The van der Waals surface area contributed by atoms with Crippen molar-refractivity contribution in [1.82, 2.24) is 0 Å². The molecule has 0 unspecified atom stereocenters. The van der Waals surface area contributed by atoms with Gasteiger partial charge in [-0.15, -0.1) is 0 Å². The number of phenols is 1. The average Bonchev–Trinajstić information content (AvgIpc) is 3.06. The van der Waals surface area contributed by atoms with Crippen LogP contribution in [0.1, 0.15) is 115 Å². The molecule has 2 radical (unpaired) electrons. The van der Waals surface area contributed by atoms with Crippen molar-refractivity contribution in [2.24, 2.45) is 34.5 Å². The van der Waals surface area contributed by atoms with Gasteiger partial charge < -0.3 is 49.3 Å². The van der Waals surface area contributed by atoms with E-state index >= 15 is 0 Å². The molecule has 274 valence electrons. The zero-order chi connectivity index (χ0) is 33.7. The van der Waals surface area contributed by atoms with Gasteiger partial charge in [0, 0.05) is 84.8 Å². The van der Waals surface area contributed by atoms with Crippen molar-refractivity contribution in [2.45, 2.75) is 116 Å². The Bertz CT molecular complexity index is 1500. The summed E-state index contributed by atoms with van der Waals surface area (Å²) in [6.45, 7) is 8.72. The van der Waals surface area contributed by atoms with Gasteiger partial charge in [-0.2, -0.15) is 0 Å². The Morgan fingerprint density at radius 3 is 1.66 bits per heavy atom. The molecule has 2 aliphatic heterocycles. The molecule has 0 amide bonds. The third kappa shape index (κ3) is 7.48. The van der Waals surface area contributed by atoms with Gasteiger partial charge in [-0.05, 0) is 112 Å². The predicted octanol–water partition coefficient (Wildman–Crippen LogP) is 10.0. The molecule has 9 heteroatoms. The van der Waals surface area contributed by atoms with Crippen LogP contribution in [0.4, 0.5) is 0 Å². The summed E-state index contributed by atoms with van der Waals surface area (Å²) < 4.78 is 17.8. The molecule has 6 aliphatic rings. The molecule has 0 bridgehead atoms. The summed E-state index contributed by atoms with van der Waals surface area (Å²) in [7, 11) is 1.69. The number of rotatable bonds is 1. The summed E-state index contributed by atoms with van der Waals surface area (Å²) in [6.07, 6.45) is 10.3. The van der Waals surface area contributed by atoms with E-state index in [9.17, 15) is 14.7 Å². The van der Waals surface area contributed by atoms with Crippen LogP contribution < -0.4 is 14.2 Å². The Hall–Kier alpha value is -1.12. The second kappa shape index (κ2) is 17.3. The SMILES string of the molecule is COc1ccc2c(c1)O[C@H](C)[C@H]1[C@@H]2CC[C@]2(C)C(=O)CCC[C@@H]12.C[C@H]1Oc2cc(O)ccc2[C@H]2CC[C@]3(C)C(=O)CCC[C@H]3[C@H]21.[CH2-]I.[CH3-].[V].[V]. The fourth-order valence-corrected chi connectivity index (χ4v) is 10.9. The molecule has 8 rings (SSSR count). The van der Waals surface area contributed by atoms with Gasteiger partial charge in [0.2, 0.25) is 0 Å². The van der Waals surface area contributed by atoms with Crippen LogP contribution in [0.15, 0.2) is 36.4 Å². The number of Topliss-reactive ketones (excluding diaryl/α,β-unsaturated/α-hetero) is 2. The van der Waals surface area contributed by atoms with Crippen molar-refractivity contribution in [2.75, 3.05) is 7.11 Å². The van der Waals surface area contributed by atoms with Crippen LogP contribution >= 0.6 is 22.6 Å². The Kier molecular flexibility index (Phi) is 15.0. The number of aromatic hydroxyl groups is 1. The molecule has 0 saturated heterocycles. The van der Waals surface area contributed by atoms with Gasteiger partial charge in [0.25, 0.3) is 0 Å². The van der Waals surface area contributed by atoms with Crippen molar-refractivity contribution < 1.29 is 66.0 Å². The Labute approximate surface area is 338 Å². The summed E-state index contributed by atoms with van der Waals surface area (Å²) in [5.41, 5.74) is 2.27. The molecule has 10 atom stereocenters. The number of hydrogen-bond acceptors (Lipinski definition) is 6. The van der Waals surface area contributed by atoms with Crippen LogP contribution in [-0.4, -0.2) is 36.0 Å². The number of benzene rings is 2. The minimum Gasteiger partial charge on any atom is -0.508 e. The number of hydrogen-bond donors (Lipinski definition) is 1.